The molecule has 0 unspecified atom stereocenters. The van der Waals surface area contributed by atoms with Gasteiger partial charge < -0.3 is 9.88 Å². The molecular weight excluding hydrogens is 295 g/mol. The van der Waals surface area contributed by atoms with E-state index in [0.29, 0.717) is 5.95 Å². The van der Waals surface area contributed by atoms with Crippen molar-refractivity contribution in [3.63, 3.8) is 0 Å². The summed E-state index contributed by atoms with van der Waals surface area (Å²) in [6.45, 7) is 0.0580. The van der Waals surface area contributed by atoms with Gasteiger partial charge in [0.1, 0.15) is 0 Å². The van der Waals surface area contributed by atoms with E-state index in [9.17, 15) is 13.2 Å². The highest BCUT2D eigenvalue weighted by Gasteiger charge is 2.37. The van der Waals surface area contributed by atoms with Gasteiger partial charge in [0.2, 0.25) is 5.95 Å². The Hall–Kier alpha value is -2.51. The van der Waals surface area contributed by atoms with Crippen molar-refractivity contribution in [1.82, 2.24) is 19.7 Å². The summed E-state index contributed by atoms with van der Waals surface area (Å²) in [5.41, 5.74) is 0.856. The molecule has 0 radical (unpaired) electrons. The molecule has 0 aliphatic carbocycles. The number of para-hydroxylation sites is 2. The second kappa shape index (κ2) is 5.04. The molecule has 0 bridgehead atoms. The predicted octanol–water partition coefficient (Wildman–Crippen LogP) is 2.95. The van der Waals surface area contributed by atoms with Gasteiger partial charge in [-0.15, -0.1) is 0 Å². The van der Waals surface area contributed by atoms with E-state index in [4.69, 9.17) is 0 Å². The summed E-state index contributed by atoms with van der Waals surface area (Å²) in [5.74, 6) is 0.512. The van der Waals surface area contributed by atoms with Crippen molar-refractivity contribution in [3.05, 3.63) is 41.7 Å². The first kappa shape index (κ1) is 14.4. The summed E-state index contributed by atoms with van der Waals surface area (Å²) < 4.78 is 40.1. The number of aryl methyl sites for hydroxylation is 1. The zero-order valence-corrected chi connectivity index (χ0v) is 12.0. The van der Waals surface area contributed by atoms with Crippen LogP contribution >= 0.6 is 0 Å². The zero-order chi connectivity index (χ0) is 15.9. The Kier molecular flexibility index (Phi) is 3.31. The number of halogens is 3. The number of aromatic nitrogens is 4. The third kappa shape index (κ3) is 2.63. The fourth-order valence-electron chi connectivity index (χ4n) is 2.34. The van der Waals surface area contributed by atoms with Gasteiger partial charge in [0.25, 0.3) is 0 Å². The summed E-state index contributed by atoms with van der Waals surface area (Å²) in [5, 5.41) is 3.51. The van der Waals surface area contributed by atoms with Crippen LogP contribution in [-0.2, 0) is 19.8 Å². The third-order valence-corrected chi connectivity index (χ3v) is 3.32. The number of anilines is 1. The van der Waals surface area contributed by atoms with Crippen molar-refractivity contribution in [2.45, 2.75) is 12.7 Å². The van der Waals surface area contributed by atoms with Crippen LogP contribution in [0.2, 0.25) is 0 Å². The number of benzene rings is 1. The van der Waals surface area contributed by atoms with Gasteiger partial charge in [0.05, 0.1) is 11.0 Å². The standard InChI is InChI=1S/C14H14F3N5/c1-21(13-18-10-5-3-4-6-11(10)19-13)7-9-8-22(2)20-12(9)14(15,16)17/h3-6,8H,7H2,1-2H3,(H,18,19). The molecule has 0 saturated carbocycles. The molecule has 2 heterocycles. The Morgan fingerprint density at radius 1 is 1.27 bits per heavy atom. The highest BCUT2D eigenvalue weighted by molar-refractivity contribution is 5.77. The van der Waals surface area contributed by atoms with Crippen LogP contribution < -0.4 is 4.90 Å². The van der Waals surface area contributed by atoms with E-state index in [2.05, 4.69) is 15.1 Å². The molecule has 0 atom stereocenters. The molecule has 22 heavy (non-hydrogen) atoms. The Morgan fingerprint density at radius 2 is 2.00 bits per heavy atom. The van der Waals surface area contributed by atoms with Gasteiger partial charge in [-0.25, -0.2) is 4.98 Å². The molecule has 1 aromatic carbocycles. The van der Waals surface area contributed by atoms with Crippen LogP contribution in [0.4, 0.5) is 19.1 Å². The fraction of sp³-hybridized carbons (Fsp3) is 0.286. The molecule has 1 N–H and O–H groups in total. The maximum Gasteiger partial charge on any atom is 0.435 e. The van der Waals surface area contributed by atoms with E-state index in [1.165, 1.54) is 17.9 Å². The van der Waals surface area contributed by atoms with Crippen molar-refractivity contribution in [1.29, 1.82) is 0 Å². The molecule has 8 heteroatoms. The second-order valence-corrected chi connectivity index (χ2v) is 5.11. The normalized spacial score (nSPS) is 12.0. The quantitative estimate of drug-likeness (QED) is 0.809. The van der Waals surface area contributed by atoms with E-state index in [1.807, 2.05) is 24.3 Å². The van der Waals surface area contributed by atoms with Crippen LogP contribution in [0.5, 0.6) is 0 Å². The van der Waals surface area contributed by atoms with Gasteiger partial charge in [-0.2, -0.15) is 18.3 Å². The van der Waals surface area contributed by atoms with Gasteiger partial charge in [-0.05, 0) is 12.1 Å². The van der Waals surface area contributed by atoms with E-state index in [1.54, 1.807) is 11.9 Å². The lowest BCUT2D eigenvalue weighted by Crippen LogP contribution is -2.20. The van der Waals surface area contributed by atoms with Crippen molar-refractivity contribution >= 4 is 17.0 Å². The molecule has 0 fully saturated rings. The SMILES string of the molecule is CN(Cc1cn(C)nc1C(F)(F)F)c1nc2ccccc2[nH]1. The number of alkyl halides is 3. The zero-order valence-electron chi connectivity index (χ0n) is 12.0. The summed E-state index contributed by atoms with van der Waals surface area (Å²) in [7, 11) is 3.16. The summed E-state index contributed by atoms with van der Waals surface area (Å²) >= 11 is 0. The minimum atomic E-state index is -4.47. The molecule has 0 amide bonds. The number of hydrogen-bond acceptors (Lipinski definition) is 3. The highest BCUT2D eigenvalue weighted by Crippen LogP contribution is 2.31. The van der Waals surface area contributed by atoms with Crippen molar-refractivity contribution in [3.8, 4) is 0 Å². The lowest BCUT2D eigenvalue weighted by molar-refractivity contribution is -0.142. The third-order valence-electron chi connectivity index (χ3n) is 3.32. The molecule has 3 rings (SSSR count). The van der Waals surface area contributed by atoms with Gasteiger partial charge in [0.15, 0.2) is 5.69 Å². The smallest absolute Gasteiger partial charge is 0.341 e. The number of rotatable bonds is 3. The van der Waals surface area contributed by atoms with Crippen LogP contribution in [0.25, 0.3) is 11.0 Å². The van der Waals surface area contributed by atoms with Gasteiger partial charge in [0, 0.05) is 32.4 Å². The van der Waals surface area contributed by atoms with Gasteiger partial charge in [-0.3, -0.25) is 4.68 Å². The van der Waals surface area contributed by atoms with Crippen molar-refractivity contribution < 1.29 is 13.2 Å². The second-order valence-electron chi connectivity index (χ2n) is 5.11. The fourth-order valence-corrected chi connectivity index (χ4v) is 2.34. The number of aromatic amines is 1. The first-order chi connectivity index (χ1) is 10.3. The minimum absolute atomic E-state index is 0.0580. The first-order valence-corrected chi connectivity index (χ1v) is 6.60. The molecule has 0 aliphatic heterocycles. The summed E-state index contributed by atoms with van der Waals surface area (Å²) in [6, 6.07) is 7.43. The molecule has 0 saturated heterocycles. The highest BCUT2D eigenvalue weighted by atomic mass is 19.4. The maximum atomic E-state index is 13.0. The molecule has 3 aromatic rings. The van der Waals surface area contributed by atoms with Crippen LogP contribution in [0.15, 0.2) is 30.5 Å². The van der Waals surface area contributed by atoms with E-state index < -0.39 is 11.9 Å². The van der Waals surface area contributed by atoms with Crippen molar-refractivity contribution in [2.75, 3.05) is 11.9 Å². The monoisotopic (exact) mass is 309 g/mol. The Bertz CT molecular complexity index is 769. The number of fused-ring (bicyclic) bond motifs is 1. The Morgan fingerprint density at radius 3 is 2.68 bits per heavy atom. The molecule has 2 aromatic heterocycles. The number of H-pyrrole nitrogens is 1. The molecular formula is C14H14F3N5. The molecule has 0 spiro atoms. The number of hydrogen-bond donors (Lipinski definition) is 1. The van der Waals surface area contributed by atoms with Gasteiger partial charge >= 0.3 is 6.18 Å². The number of nitrogens with zero attached hydrogens (tertiary/aromatic N) is 4. The summed E-state index contributed by atoms with van der Waals surface area (Å²) in [4.78, 5) is 9.09. The van der Waals surface area contributed by atoms with Crippen LogP contribution in [-0.4, -0.2) is 26.8 Å². The van der Waals surface area contributed by atoms with Crippen molar-refractivity contribution in [2.24, 2.45) is 7.05 Å². The van der Waals surface area contributed by atoms with Crippen LogP contribution in [0.1, 0.15) is 11.3 Å². The average Bonchev–Trinajstić information content (AvgIpc) is 3.01. The average molecular weight is 309 g/mol. The number of imidazole rings is 1. The predicted molar refractivity (Wildman–Crippen MR) is 76.4 cm³/mol. The molecule has 116 valence electrons. The Balaban J connectivity index is 1.89. The van der Waals surface area contributed by atoms with E-state index in [0.717, 1.165) is 11.0 Å². The van der Waals surface area contributed by atoms with Crippen LogP contribution in [0, 0.1) is 0 Å². The van der Waals surface area contributed by atoms with E-state index >= 15 is 0 Å². The van der Waals surface area contributed by atoms with E-state index in [-0.39, 0.29) is 12.1 Å². The number of nitrogens with one attached hydrogen (secondary N) is 1. The minimum Gasteiger partial charge on any atom is -0.341 e. The maximum absolute atomic E-state index is 13.0. The topological polar surface area (TPSA) is 49.7 Å². The Labute approximate surface area is 124 Å². The lowest BCUT2D eigenvalue weighted by Gasteiger charge is -2.16. The molecule has 5 nitrogen and oxygen atoms in total. The molecule has 0 aliphatic rings. The van der Waals surface area contributed by atoms with Gasteiger partial charge in [-0.1, -0.05) is 12.1 Å². The summed E-state index contributed by atoms with van der Waals surface area (Å²) in [6.07, 6.45) is -3.09. The largest absolute Gasteiger partial charge is 0.435 e. The first-order valence-electron chi connectivity index (χ1n) is 6.60. The lowest BCUT2D eigenvalue weighted by atomic mass is 10.2. The van der Waals surface area contributed by atoms with Crippen LogP contribution in [0.3, 0.4) is 0 Å².